The number of rotatable bonds is 2. The van der Waals surface area contributed by atoms with E-state index < -0.39 is 12.2 Å². The van der Waals surface area contributed by atoms with E-state index in [4.69, 9.17) is 21.9 Å². The van der Waals surface area contributed by atoms with Crippen molar-refractivity contribution in [2.24, 2.45) is 11.7 Å². The topological polar surface area (TPSA) is 133 Å². The maximum absolute atomic E-state index is 10.5. The van der Waals surface area contributed by atoms with Crippen LogP contribution in [0, 0.1) is 0 Å². The van der Waals surface area contributed by atoms with Gasteiger partial charge in [0.2, 0.25) is 0 Å². The van der Waals surface area contributed by atoms with E-state index in [1.165, 1.54) is 24.3 Å². The van der Waals surface area contributed by atoms with Crippen molar-refractivity contribution in [3.8, 4) is 0 Å². The molecule has 6 N–H and O–H groups in total. The summed E-state index contributed by atoms with van der Waals surface area (Å²) in [4.78, 5) is 21.0. The van der Waals surface area contributed by atoms with Gasteiger partial charge in [-0.15, -0.1) is 0 Å². The van der Waals surface area contributed by atoms with Crippen LogP contribution < -0.4 is 21.7 Å². The van der Waals surface area contributed by atoms with E-state index in [2.05, 4.69) is 0 Å². The van der Waals surface area contributed by atoms with Crippen LogP contribution >= 0.6 is 0 Å². The summed E-state index contributed by atoms with van der Waals surface area (Å²) in [6.45, 7) is 0. The fourth-order valence-electron chi connectivity index (χ4n) is 0.995. The second kappa shape index (κ2) is 4.47. The summed E-state index contributed by atoms with van der Waals surface area (Å²) in [6, 6.07) is 5.36. The highest BCUT2D eigenvalue weighted by Gasteiger charge is 2.12. The van der Waals surface area contributed by atoms with E-state index in [0.717, 1.165) is 0 Å². The van der Waals surface area contributed by atoms with Gasteiger partial charge in [0.25, 0.3) is 0 Å². The van der Waals surface area contributed by atoms with E-state index in [0.29, 0.717) is 10.0 Å². The summed E-state index contributed by atoms with van der Waals surface area (Å²) in [5.74, 6) is 10.4. The summed E-state index contributed by atoms with van der Waals surface area (Å²) in [5, 5.41) is 18.2. The van der Waals surface area contributed by atoms with Crippen LogP contribution in [0.3, 0.4) is 0 Å². The van der Waals surface area contributed by atoms with Crippen molar-refractivity contribution in [2.45, 2.75) is 0 Å². The molecule has 0 heterocycles. The summed E-state index contributed by atoms with van der Waals surface area (Å²) < 4.78 is 0. The van der Waals surface area contributed by atoms with Crippen LogP contribution in [0.1, 0.15) is 0 Å². The van der Waals surface area contributed by atoms with E-state index in [-0.39, 0.29) is 11.4 Å². The highest BCUT2D eigenvalue weighted by molar-refractivity contribution is 5.87. The van der Waals surface area contributed by atoms with Crippen molar-refractivity contribution in [1.29, 1.82) is 0 Å². The molecule has 0 saturated carbocycles. The third-order valence-corrected chi connectivity index (χ3v) is 1.82. The van der Waals surface area contributed by atoms with Crippen LogP contribution in [0.2, 0.25) is 0 Å². The molecule has 1 aromatic carbocycles. The van der Waals surface area contributed by atoms with Crippen molar-refractivity contribution in [3.05, 3.63) is 24.3 Å². The Bertz CT molecular complexity index is 366. The molecule has 1 aromatic rings. The second-order valence-corrected chi connectivity index (χ2v) is 2.82. The van der Waals surface area contributed by atoms with Gasteiger partial charge in [-0.2, -0.15) is 0 Å². The lowest BCUT2D eigenvalue weighted by atomic mass is 10.2. The Kier molecular flexibility index (Phi) is 3.28. The van der Waals surface area contributed by atoms with Crippen molar-refractivity contribution < 1.29 is 19.8 Å². The van der Waals surface area contributed by atoms with E-state index >= 15 is 0 Å². The molecule has 0 aliphatic carbocycles. The van der Waals surface area contributed by atoms with E-state index in [9.17, 15) is 9.59 Å². The molecule has 0 bridgehead atoms. The number of nitrogens with zero attached hydrogens (tertiary/aromatic N) is 2. The molecule has 16 heavy (non-hydrogen) atoms. The minimum Gasteiger partial charge on any atom is -0.464 e. The van der Waals surface area contributed by atoms with Gasteiger partial charge in [-0.25, -0.2) is 31.3 Å². The first-order valence-corrected chi connectivity index (χ1v) is 4.09. The molecule has 0 atom stereocenters. The van der Waals surface area contributed by atoms with Gasteiger partial charge < -0.3 is 10.2 Å². The lowest BCUT2D eigenvalue weighted by Gasteiger charge is -2.15. The van der Waals surface area contributed by atoms with Gasteiger partial charge in [-0.05, 0) is 24.3 Å². The lowest BCUT2D eigenvalue weighted by Crippen LogP contribution is -2.37. The van der Waals surface area contributed by atoms with Crippen LogP contribution in [0.15, 0.2) is 24.3 Å². The number of nitrogens with two attached hydrogens (primary N) is 2. The zero-order valence-electron chi connectivity index (χ0n) is 8.07. The molecule has 0 fully saturated rings. The van der Waals surface area contributed by atoms with Crippen LogP contribution in [0.5, 0.6) is 0 Å². The summed E-state index contributed by atoms with van der Waals surface area (Å²) >= 11 is 0. The van der Waals surface area contributed by atoms with Gasteiger partial charge in [0.05, 0.1) is 11.4 Å². The SMILES string of the molecule is NN(C(=O)O)c1ccc(N(N)C(=O)O)cc1. The van der Waals surface area contributed by atoms with Gasteiger partial charge in [0, 0.05) is 0 Å². The molecule has 0 aliphatic rings. The molecule has 0 aromatic heterocycles. The lowest BCUT2D eigenvalue weighted by molar-refractivity contribution is 0.200. The van der Waals surface area contributed by atoms with Crippen LogP contribution in [0.25, 0.3) is 0 Å². The molecular weight excluding hydrogens is 216 g/mol. The monoisotopic (exact) mass is 226 g/mol. The van der Waals surface area contributed by atoms with Crippen molar-refractivity contribution >= 4 is 23.6 Å². The maximum atomic E-state index is 10.5. The van der Waals surface area contributed by atoms with Crippen LogP contribution in [-0.2, 0) is 0 Å². The predicted molar refractivity (Wildman–Crippen MR) is 55.8 cm³/mol. The number of amides is 2. The van der Waals surface area contributed by atoms with Crippen molar-refractivity contribution in [3.63, 3.8) is 0 Å². The smallest absolute Gasteiger partial charge is 0.426 e. The number of carboxylic acid groups (broad SMARTS) is 2. The Morgan fingerprint density at radius 3 is 1.31 bits per heavy atom. The Labute approximate surface area is 90.2 Å². The first-order chi connectivity index (χ1) is 7.43. The average molecular weight is 226 g/mol. The Morgan fingerprint density at radius 1 is 0.875 bits per heavy atom. The van der Waals surface area contributed by atoms with Crippen LogP contribution in [0.4, 0.5) is 21.0 Å². The zero-order chi connectivity index (χ0) is 12.3. The number of hydrogen-bond acceptors (Lipinski definition) is 4. The fraction of sp³-hybridized carbons (Fsp3) is 0. The molecule has 0 radical (unpaired) electrons. The largest absolute Gasteiger partial charge is 0.464 e. The third kappa shape index (κ3) is 2.38. The zero-order valence-corrected chi connectivity index (χ0v) is 8.07. The molecule has 86 valence electrons. The molecule has 0 unspecified atom stereocenters. The van der Waals surface area contributed by atoms with Crippen molar-refractivity contribution in [2.75, 3.05) is 10.0 Å². The molecule has 0 saturated heterocycles. The molecule has 8 heteroatoms. The summed E-state index contributed by atoms with van der Waals surface area (Å²) in [7, 11) is 0. The van der Waals surface area contributed by atoms with Gasteiger partial charge in [-0.3, -0.25) is 0 Å². The van der Waals surface area contributed by atoms with Crippen molar-refractivity contribution in [1.82, 2.24) is 0 Å². The average Bonchev–Trinajstić information content (AvgIpc) is 2.27. The Balaban J connectivity index is 2.91. The predicted octanol–water partition coefficient (Wildman–Crippen LogP) is 0.403. The van der Waals surface area contributed by atoms with Gasteiger partial charge in [0.1, 0.15) is 0 Å². The molecule has 0 spiro atoms. The van der Waals surface area contributed by atoms with Gasteiger partial charge >= 0.3 is 12.2 Å². The molecule has 0 aliphatic heterocycles. The number of hydrogen-bond donors (Lipinski definition) is 4. The quantitative estimate of drug-likeness (QED) is 0.327. The molecular formula is C8H10N4O4. The summed E-state index contributed by atoms with van der Waals surface area (Å²) in [6.07, 6.45) is -2.65. The number of anilines is 2. The fourth-order valence-corrected chi connectivity index (χ4v) is 0.995. The standard InChI is InChI=1S/C8H10N4O4/c9-11(7(13)14)5-1-2-6(4-3-5)12(10)8(15)16/h1-4H,9-10H2,(H,13,14)(H,15,16). The minimum absolute atomic E-state index is 0.204. The molecule has 2 amide bonds. The summed E-state index contributed by atoms with van der Waals surface area (Å²) in [5.41, 5.74) is 0.407. The highest BCUT2D eigenvalue weighted by Crippen LogP contribution is 2.17. The number of hydrazine groups is 2. The number of benzene rings is 1. The highest BCUT2D eigenvalue weighted by atomic mass is 16.4. The molecule has 1 rings (SSSR count). The normalized spacial score (nSPS) is 9.62. The van der Waals surface area contributed by atoms with E-state index in [1.807, 2.05) is 0 Å². The third-order valence-electron chi connectivity index (χ3n) is 1.82. The first kappa shape index (κ1) is 11.8. The number of carbonyl (C=O) groups is 2. The maximum Gasteiger partial charge on any atom is 0.426 e. The molecule has 8 nitrogen and oxygen atoms in total. The van der Waals surface area contributed by atoms with E-state index in [1.54, 1.807) is 0 Å². The Hall–Kier alpha value is -2.32. The Morgan fingerprint density at radius 2 is 1.12 bits per heavy atom. The van der Waals surface area contributed by atoms with Gasteiger partial charge in [0.15, 0.2) is 0 Å². The van der Waals surface area contributed by atoms with Crippen LogP contribution in [-0.4, -0.2) is 22.4 Å². The first-order valence-electron chi connectivity index (χ1n) is 4.09. The second-order valence-electron chi connectivity index (χ2n) is 2.82. The van der Waals surface area contributed by atoms with Gasteiger partial charge in [-0.1, -0.05) is 0 Å². The minimum atomic E-state index is -1.32.